The number of carbonyl (C=O) groups is 1. The van der Waals surface area contributed by atoms with Crippen LogP contribution in [0.2, 0.25) is 0 Å². The number of hydrogen-bond donors (Lipinski definition) is 2. The molecular formula is C9H10N2OS. The van der Waals surface area contributed by atoms with E-state index in [1.54, 1.807) is 0 Å². The zero-order valence-corrected chi connectivity index (χ0v) is 8.02. The summed E-state index contributed by atoms with van der Waals surface area (Å²) in [7, 11) is 0. The Hall–Kier alpha value is -1.42. The monoisotopic (exact) mass is 194 g/mol. The Kier molecular flexibility index (Phi) is 2.97. The minimum Gasteiger partial charge on any atom is -0.364 e. The smallest absolute Gasteiger partial charge is 0.276 e. The molecule has 0 aliphatic heterocycles. The number of rotatable bonds is 1. The molecule has 0 fully saturated rings. The van der Waals surface area contributed by atoms with Gasteiger partial charge in [-0.25, -0.2) is 0 Å². The van der Waals surface area contributed by atoms with E-state index in [2.05, 4.69) is 5.32 Å². The highest BCUT2D eigenvalue weighted by Gasteiger charge is 2.02. The average molecular weight is 194 g/mol. The Morgan fingerprint density at radius 1 is 1.38 bits per heavy atom. The highest BCUT2D eigenvalue weighted by atomic mass is 32.1. The number of anilines is 1. The summed E-state index contributed by atoms with van der Waals surface area (Å²) in [6.45, 7) is 1.98. The van der Waals surface area contributed by atoms with Gasteiger partial charge in [-0.15, -0.1) is 0 Å². The van der Waals surface area contributed by atoms with Gasteiger partial charge in [0.25, 0.3) is 5.91 Å². The van der Waals surface area contributed by atoms with E-state index in [0.29, 0.717) is 0 Å². The molecule has 4 heteroatoms. The Balaban J connectivity index is 2.70. The molecule has 0 bridgehead atoms. The number of thiocarbonyl (C=S) groups is 1. The Labute approximate surface area is 81.9 Å². The van der Waals surface area contributed by atoms with Crippen molar-refractivity contribution in [1.29, 1.82) is 0 Å². The Morgan fingerprint density at radius 2 is 1.92 bits per heavy atom. The SMILES string of the molecule is Cc1ccc(NC(=S)C(N)=O)cc1. The van der Waals surface area contributed by atoms with Gasteiger partial charge in [-0.2, -0.15) is 0 Å². The van der Waals surface area contributed by atoms with Crippen molar-refractivity contribution in [3.63, 3.8) is 0 Å². The van der Waals surface area contributed by atoms with Gasteiger partial charge in [0.05, 0.1) is 0 Å². The Bertz CT molecular complexity index is 332. The van der Waals surface area contributed by atoms with E-state index in [1.165, 1.54) is 0 Å². The van der Waals surface area contributed by atoms with Crippen LogP contribution in [0, 0.1) is 6.92 Å². The van der Waals surface area contributed by atoms with Gasteiger partial charge in [0.1, 0.15) is 0 Å². The van der Waals surface area contributed by atoms with E-state index >= 15 is 0 Å². The number of nitrogens with one attached hydrogen (secondary N) is 1. The lowest BCUT2D eigenvalue weighted by molar-refractivity contribution is -0.111. The first-order valence-corrected chi connectivity index (χ1v) is 4.18. The minimum atomic E-state index is -0.615. The molecule has 0 atom stereocenters. The number of amides is 1. The summed E-state index contributed by atoms with van der Waals surface area (Å²) < 4.78 is 0. The van der Waals surface area contributed by atoms with Gasteiger partial charge in [-0.05, 0) is 19.1 Å². The van der Waals surface area contributed by atoms with Crippen molar-refractivity contribution in [1.82, 2.24) is 0 Å². The highest BCUT2D eigenvalue weighted by Crippen LogP contribution is 2.08. The van der Waals surface area contributed by atoms with Crippen LogP contribution in [0.1, 0.15) is 5.56 Å². The molecule has 0 saturated heterocycles. The topological polar surface area (TPSA) is 55.1 Å². The van der Waals surface area contributed by atoms with Crippen LogP contribution in [0.4, 0.5) is 5.69 Å². The van der Waals surface area contributed by atoms with Crippen LogP contribution in [0.15, 0.2) is 24.3 Å². The fourth-order valence-electron chi connectivity index (χ4n) is 0.830. The first-order chi connectivity index (χ1) is 6.09. The molecule has 3 N–H and O–H groups in total. The summed E-state index contributed by atoms with van der Waals surface area (Å²) in [4.78, 5) is 10.6. The highest BCUT2D eigenvalue weighted by molar-refractivity contribution is 7.82. The molecule has 0 spiro atoms. The molecule has 1 amide bonds. The molecule has 3 nitrogen and oxygen atoms in total. The summed E-state index contributed by atoms with van der Waals surface area (Å²) in [6, 6.07) is 7.52. The maximum Gasteiger partial charge on any atom is 0.276 e. The quantitative estimate of drug-likeness (QED) is 0.661. The van der Waals surface area contributed by atoms with E-state index in [0.717, 1.165) is 11.3 Å². The molecule has 1 rings (SSSR count). The molecule has 0 radical (unpaired) electrons. The number of aryl methyl sites for hydroxylation is 1. The normalized spacial score (nSPS) is 9.31. The van der Waals surface area contributed by atoms with E-state index in [9.17, 15) is 4.79 Å². The lowest BCUT2D eigenvalue weighted by Crippen LogP contribution is -2.27. The first kappa shape index (κ1) is 9.67. The van der Waals surface area contributed by atoms with Crippen LogP contribution in [0.25, 0.3) is 0 Å². The van der Waals surface area contributed by atoms with Gasteiger partial charge >= 0.3 is 0 Å². The molecule has 68 valence electrons. The molecule has 0 saturated carbocycles. The number of carbonyl (C=O) groups excluding carboxylic acids is 1. The standard InChI is InChI=1S/C9H10N2OS/c1-6-2-4-7(5-3-6)11-9(13)8(10)12/h2-5H,1H3,(H2,10,12)(H,11,13). The lowest BCUT2D eigenvalue weighted by atomic mass is 10.2. The van der Waals surface area contributed by atoms with Crippen LogP contribution in [0.3, 0.4) is 0 Å². The lowest BCUT2D eigenvalue weighted by Gasteiger charge is -2.04. The zero-order valence-electron chi connectivity index (χ0n) is 7.20. The first-order valence-electron chi connectivity index (χ1n) is 3.77. The van der Waals surface area contributed by atoms with Crippen molar-refractivity contribution < 1.29 is 4.79 Å². The van der Waals surface area contributed by atoms with Crippen LogP contribution in [-0.4, -0.2) is 10.9 Å². The zero-order chi connectivity index (χ0) is 9.84. The second-order valence-corrected chi connectivity index (χ2v) is 3.09. The summed E-state index contributed by atoms with van der Waals surface area (Å²) in [5.74, 6) is -0.615. The van der Waals surface area contributed by atoms with Crippen molar-refractivity contribution in [3.8, 4) is 0 Å². The van der Waals surface area contributed by atoms with E-state index in [4.69, 9.17) is 18.0 Å². The number of benzene rings is 1. The van der Waals surface area contributed by atoms with Crippen LogP contribution in [0.5, 0.6) is 0 Å². The largest absolute Gasteiger partial charge is 0.364 e. The van der Waals surface area contributed by atoms with Gasteiger partial charge in [0.2, 0.25) is 0 Å². The van der Waals surface area contributed by atoms with Crippen molar-refractivity contribution >= 4 is 28.8 Å². The fraction of sp³-hybridized carbons (Fsp3) is 0.111. The summed E-state index contributed by atoms with van der Waals surface area (Å²) in [6.07, 6.45) is 0. The van der Waals surface area contributed by atoms with Crippen molar-refractivity contribution in [2.45, 2.75) is 6.92 Å². The molecule has 0 heterocycles. The number of hydrogen-bond acceptors (Lipinski definition) is 2. The predicted molar refractivity (Wildman–Crippen MR) is 56.6 cm³/mol. The molecule has 0 unspecified atom stereocenters. The number of nitrogens with two attached hydrogens (primary N) is 1. The van der Waals surface area contributed by atoms with Crippen LogP contribution in [-0.2, 0) is 4.79 Å². The summed E-state index contributed by atoms with van der Waals surface area (Å²) in [5.41, 5.74) is 6.89. The van der Waals surface area contributed by atoms with E-state index in [1.807, 2.05) is 31.2 Å². The Morgan fingerprint density at radius 3 is 2.38 bits per heavy atom. The third-order valence-corrected chi connectivity index (χ3v) is 1.84. The van der Waals surface area contributed by atoms with Gasteiger partial charge < -0.3 is 11.1 Å². The van der Waals surface area contributed by atoms with Crippen molar-refractivity contribution in [2.75, 3.05) is 5.32 Å². The third-order valence-electron chi connectivity index (χ3n) is 1.53. The average Bonchev–Trinajstić information content (AvgIpc) is 2.08. The second-order valence-electron chi connectivity index (χ2n) is 2.68. The molecule has 0 aliphatic carbocycles. The minimum absolute atomic E-state index is 0.0313. The molecular weight excluding hydrogens is 184 g/mol. The number of primary amides is 1. The third kappa shape index (κ3) is 2.83. The maximum atomic E-state index is 10.6. The second kappa shape index (κ2) is 4.00. The molecule has 0 aromatic heterocycles. The van der Waals surface area contributed by atoms with E-state index < -0.39 is 5.91 Å². The van der Waals surface area contributed by atoms with Crippen LogP contribution < -0.4 is 11.1 Å². The van der Waals surface area contributed by atoms with Crippen LogP contribution >= 0.6 is 12.2 Å². The molecule has 13 heavy (non-hydrogen) atoms. The summed E-state index contributed by atoms with van der Waals surface area (Å²) >= 11 is 4.71. The fourth-order valence-corrected chi connectivity index (χ4v) is 0.947. The van der Waals surface area contributed by atoms with Crippen molar-refractivity contribution in [3.05, 3.63) is 29.8 Å². The van der Waals surface area contributed by atoms with Gasteiger partial charge in [-0.1, -0.05) is 29.9 Å². The molecule has 0 aliphatic rings. The molecule has 1 aromatic rings. The predicted octanol–water partition coefficient (Wildman–Crippen LogP) is 1.22. The summed E-state index contributed by atoms with van der Waals surface area (Å²) in [5, 5.41) is 2.73. The van der Waals surface area contributed by atoms with E-state index in [-0.39, 0.29) is 4.99 Å². The van der Waals surface area contributed by atoms with Gasteiger partial charge in [-0.3, -0.25) is 4.79 Å². The van der Waals surface area contributed by atoms with Gasteiger partial charge in [0.15, 0.2) is 4.99 Å². The van der Waals surface area contributed by atoms with Gasteiger partial charge in [0, 0.05) is 5.69 Å². The molecule has 1 aromatic carbocycles. The maximum absolute atomic E-state index is 10.6. The van der Waals surface area contributed by atoms with Crippen molar-refractivity contribution in [2.24, 2.45) is 5.73 Å².